The van der Waals surface area contributed by atoms with Gasteiger partial charge in [-0.1, -0.05) is 13.8 Å². The van der Waals surface area contributed by atoms with Gasteiger partial charge in [-0.25, -0.2) is 0 Å². The fraction of sp³-hybridized carbons (Fsp3) is 0.706. The third-order valence-corrected chi connectivity index (χ3v) is 5.37. The number of hydrogen-bond acceptors (Lipinski definition) is 5. The zero-order valence-electron chi connectivity index (χ0n) is 15.0. The molecule has 0 saturated heterocycles. The Labute approximate surface area is 147 Å². The van der Waals surface area contributed by atoms with Crippen molar-refractivity contribution in [3.63, 3.8) is 0 Å². The Hall–Kier alpha value is -1.93. The number of nitrogens with two attached hydrogens (primary N) is 1. The van der Waals surface area contributed by atoms with Crippen LogP contribution in [0.25, 0.3) is 0 Å². The fourth-order valence-corrected chi connectivity index (χ4v) is 3.23. The lowest BCUT2D eigenvalue weighted by atomic mass is 9.54. The molecule has 2 atom stereocenters. The average molecular weight is 349 g/mol. The van der Waals surface area contributed by atoms with Gasteiger partial charge in [-0.15, -0.1) is 0 Å². The molecule has 2 saturated carbocycles. The molecule has 138 valence electrons. The number of amides is 2. The van der Waals surface area contributed by atoms with E-state index in [0.29, 0.717) is 24.8 Å². The zero-order valence-corrected chi connectivity index (χ0v) is 15.0. The molecular formula is C17H27N5O3. The largest absolute Gasteiger partial charge is 0.378 e. The van der Waals surface area contributed by atoms with Crippen molar-refractivity contribution in [2.45, 2.75) is 64.3 Å². The average Bonchev–Trinajstić information content (AvgIpc) is 3.25. The first kappa shape index (κ1) is 17.9. The van der Waals surface area contributed by atoms with Gasteiger partial charge in [0.1, 0.15) is 12.1 Å². The molecule has 3 rings (SSSR count). The summed E-state index contributed by atoms with van der Waals surface area (Å²) in [6.45, 7) is 6.56. The molecule has 4 N–H and O–H groups in total. The molecule has 2 aliphatic carbocycles. The van der Waals surface area contributed by atoms with Crippen molar-refractivity contribution < 1.29 is 14.3 Å². The summed E-state index contributed by atoms with van der Waals surface area (Å²) in [7, 11) is 0. The summed E-state index contributed by atoms with van der Waals surface area (Å²) in [5, 5.41) is 9.84. The van der Waals surface area contributed by atoms with Crippen LogP contribution in [-0.2, 0) is 20.9 Å². The molecule has 8 heteroatoms. The maximum absolute atomic E-state index is 12.7. The van der Waals surface area contributed by atoms with Gasteiger partial charge >= 0.3 is 0 Å². The summed E-state index contributed by atoms with van der Waals surface area (Å²) in [5.41, 5.74) is 5.45. The van der Waals surface area contributed by atoms with Crippen molar-refractivity contribution in [2.24, 2.45) is 11.1 Å². The molecule has 2 amide bonds. The van der Waals surface area contributed by atoms with E-state index in [-0.39, 0.29) is 24.5 Å². The summed E-state index contributed by atoms with van der Waals surface area (Å²) in [4.78, 5) is 24.5. The Kier molecular flexibility index (Phi) is 4.59. The van der Waals surface area contributed by atoms with Crippen LogP contribution in [0.15, 0.2) is 12.4 Å². The number of nitrogens with zero attached hydrogens (tertiary/aromatic N) is 2. The van der Waals surface area contributed by atoms with Crippen LogP contribution in [0, 0.1) is 5.41 Å². The minimum Gasteiger partial charge on any atom is -0.378 e. The number of hydrogen-bond donors (Lipinski definition) is 3. The summed E-state index contributed by atoms with van der Waals surface area (Å²) in [5.74, 6) is -0.325. The van der Waals surface area contributed by atoms with Gasteiger partial charge in [0.05, 0.1) is 18.0 Å². The lowest BCUT2D eigenvalue weighted by Crippen LogP contribution is -2.74. The van der Waals surface area contributed by atoms with Gasteiger partial charge in [0.15, 0.2) is 0 Å². The monoisotopic (exact) mass is 349 g/mol. The molecule has 1 heterocycles. The van der Waals surface area contributed by atoms with E-state index in [9.17, 15) is 9.59 Å². The van der Waals surface area contributed by atoms with E-state index in [2.05, 4.69) is 15.7 Å². The Morgan fingerprint density at radius 2 is 2.16 bits per heavy atom. The Morgan fingerprint density at radius 1 is 1.44 bits per heavy atom. The highest BCUT2D eigenvalue weighted by Crippen LogP contribution is 2.50. The third kappa shape index (κ3) is 3.41. The summed E-state index contributed by atoms with van der Waals surface area (Å²) >= 11 is 0. The molecule has 2 unspecified atom stereocenters. The molecule has 8 nitrogen and oxygen atoms in total. The van der Waals surface area contributed by atoms with Crippen LogP contribution in [0.3, 0.4) is 0 Å². The first-order chi connectivity index (χ1) is 11.8. The Bertz CT molecular complexity index is 667. The quantitative estimate of drug-likeness (QED) is 0.669. The third-order valence-electron chi connectivity index (χ3n) is 5.37. The Balaban J connectivity index is 1.57. The van der Waals surface area contributed by atoms with Gasteiger partial charge in [0.2, 0.25) is 11.8 Å². The van der Waals surface area contributed by atoms with E-state index in [1.807, 2.05) is 20.8 Å². The molecule has 0 bridgehead atoms. The van der Waals surface area contributed by atoms with Crippen molar-refractivity contribution in [3.8, 4) is 0 Å². The van der Waals surface area contributed by atoms with E-state index < -0.39 is 11.0 Å². The molecular weight excluding hydrogens is 322 g/mol. The molecule has 25 heavy (non-hydrogen) atoms. The second-order valence-electron chi connectivity index (χ2n) is 7.56. The summed E-state index contributed by atoms with van der Waals surface area (Å²) in [6, 6.07) is 0.318. The van der Waals surface area contributed by atoms with Gasteiger partial charge in [-0.2, -0.15) is 5.10 Å². The first-order valence-electron chi connectivity index (χ1n) is 8.80. The molecule has 2 aliphatic rings. The van der Waals surface area contributed by atoms with Crippen molar-refractivity contribution in [2.75, 3.05) is 11.9 Å². The van der Waals surface area contributed by atoms with Crippen LogP contribution in [-0.4, -0.2) is 45.9 Å². The van der Waals surface area contributed by atoms with Crippen molar-refractivity contribution >= 4 is 17.5 Å². The van der Waals surface area contributed by atoms with Gasteiger partial charge in [-0.05, 0) is 19.8 Å². The van der Waals surface area contributed by atoms with E-state index in [0.717, 1.165) is 12.8 Å². The fourth-order valence-electron chi connectivity index (χ4n) is 3.23. The van der Waals surface area contributed by atoms with Gasteiger partial charge < -0.3 is 21.1 Å². The second-order valence-corrected chi connectivity index (χ2v) is 7.56. The number of nitrogens with one attached hydrogen (secondary N) is 2. The molecule has 0 aliphatic heterocycles. The summed E-state index contributed by atoms with van der Waals surface area (Å²) < 4.78 is 7.16. The smallest absolute Gasteiger partial charge is 0.245 e. The lowest BCUT2D eigenvalue weighted by Gasteiger charge is -2.57. The predicted octanol–water partition coefficient (Wildman–Crippen LogP) is 0.633. The molecule has 2 fully saturated rings. The minimum atomic E-state index is -0.988. The van der Waals surface area contributed by atoms with Crippen LogP contribution in [0.4, 0.5) is 5.69 Å². The van der Waals surface area contributed by atoms with Crippen LogP contribution < -0.4 is 16.4 Å². The number of rotatable bonds is 7. The Morgan fingerprint density at radius 3 is 2.76 bits per heavy atom. The van der Waals surface area contributed by atoms with Gasteiger partial charge in [0.25, 0.3) is 0 Å². The minimum absolute atomic E-state index is 0.0258. The number of ether oxygens (including phenoxy) is 1. The van der Waals surface area contributed by atoms with Crippen molar-refractivity contribution in [3.05, 3.63) is 12.4 Å². The topological polar surface area (TPSA) is 111 Å². The number of carbonyl (C=O) groups is 2. The van der Waals surface area contributed by atoms with Crippen LogP contribution in [0.5, 0.6) is 0 Å². The first-order valence-corrected chi connectivity index (χ1v) is 8.80. The normalized spacial score (nSPS) is 27.4. The molecule has 0 aromatic carbocycles. The highest BCUT2D eigenvalue weighted by molar-refractivity contribution is 5.99. The van der Waals surface area contributed by atoms with Crippen molar-refractivity contribution in [1.82, 2.24) is 15.1 Å². The standard InChI is InChI=1S/C17H27N5O3/c1-4-25-13-7-17(18,16(13,2)3)15(24)21-12-8-19-22(9-12)10-14(23)20-11-5-6-11/h8-9,11,13H,4-7,10,18H2,1-3H3,(H,20,23)(H,21,24). The number of anilines is 1. The molecule has 0 radical (unpaired) electrons. The second kappa shape index (κ2) is 6.42. The zero-order chi connectivity index (χ0) is 18.2. The van der Waals surface area contributed by atoms with Crippen LogP contribution in [0.1, 0.15) is 40.0 Å². The van der Waals surface area contributed by atoms with E-state index in [1.54, 1.807) is 6.20 Å². The van der Waals surface area contributed by atoms with Gasteiger partial charge in [-0.3, -0.25) is 14.3 Å². The molecule has 1 aromatic rings. The predicted molar refractivity (Wildman–Crippen MR) is 92.8 cm³/mol. The summed E-state index contributed by atoms with van der Waals surface area (Å²) in [6.07, 6.45) is 5.71. The number of aromatic nitrogens is 2. The van der Waals surface area contributed by atoms with Crippen molar-refractivity contribution in [1.29, 1.82) is 0 Å². The van der Waals surface area contributed by atoms with E-state index in [4.69, 9.17) is 10.5 Å². The van der Waals surface area contributed by atoms with E-state index >= 15 is 0 Å². The maximum Gasteiger partial charge on any atom is 0.245 e. The van der Waals surface area contributed by atoms with Gasteiger partial charge in [0, 0.05) is 30.7 Å². The highest BCUT2D eigenvalue weighted by Gasteiger charge is 2.62. The molecule has 0 spiro atoms. The highest BCUT2D eigenvalue weighted by atomic mass is 16.5. The lowest BCUT2D eigenvalue weighted by molar-refractivity contribution is -0.166. The van der Waals surface area contributed by atoms with Crippen LogP contribution >= 0.6 is 0 Å². The number of carbonyl (C=O) groups excluding carboxylic acids is 2. The molecule has 1 aromatic heterocycles. The SMILES string of the molecule is CCOC1CC(N)(C(=O)Nc2cnn(CC(=O)NC3CC3)c2)C1(C)C. The maximum atomic E-state index is 12.7. The van der Waals surface area contributed by atoms with Crippen LogP contribution in [0.2, 0.25) is 0 Å². The van der Waals surface area contributed by atoms with E-state index in [1.165, 1.54) is 10.9 Å².